The molecule has 18 heavy (non-hydrogen) atoms. The Labute approximate surface area is 114 Å². The number of sulfone groups is 1. The molecule has 0 radical (unpaired) electrons. The van der Waals surface area contributed by atoms with E-state index in [0.717, 1.165) is 32.2 Å². The Morgan fingerprint density at radius 2 is 2.00 bits per heavy atom. The SMILES string of the molecule is CS(=O)(=O)c1cccnc1NCCCCCCCl. The Morgan fingerprint density at radius 1 is 1.28 bits per heavy atom. The second kappa shape index (κ2) is 7.59. The van der Waals surface area contributed by atoms with Crippen molar-refractivity contribution in [2.45, 2.75) is 30.6 Å². The first-order valence-corrected chi connectivity index (χ1v) is 8.43. The van der Waals surface area contributed by atoms with Gasteiger partial charge in [0.2, 0.25) is 0 Å². The van der Waals surface area contributed by atoms with Crippen LogP contribution >= 0.6 is 11.6 Å². The van der Waals surface area contributed by atoms with Crippen LogP contribution in [0.4, 0.5) is 5.82 Å². The molecule has 1 aromatic heterocycles. The first kappa shape index (κ1) is 15.2. The third-order valence-electron chi connectivity index (χ3n) is 2.52. The van der Waals surface area contributed by atoms with Gasteiger partial charge in [-0.3, -0.25) is 0 Å². The van der Waals surface area contributed by atoms with Gasteiger partial charge in [-0.05, 0) is 25.0 Å². The molecule has 1 N–H and O–H groups in total. The lowest BCUT2D eigenvalue weighted by atomic mass is 10.2. The highest BCUT2D eigenvalue weighted by Gasteiger charge is 2.12. The number of anilines is 1. The van der Waals surface area contributed by atoms with Crippen LogP contribution in [0.3, 0.4) is 0 Å². The topological polar surface area (TPSA) is 59.1 Å². The van der Waals surface area contributed by atoms with E-state index in [0.29, 0.717) is 11.7 Å². The highest BCUT2D eigenvalue weighted by atomic mass is 35.5. The Bertz CT molecular complexity index is 463. The van der Waals surface area contributed by atoms with Gasteiger partial charge in [0.15, 0.2) is 9.84 Å². The number of aromatic nitrogens is 1. The minimum Gasteiger partial charge on any atom is -0.369 e. The van der Waals surface area contributed by atoms with E-state index in [-0.39, 0.29) is 4.90 Å². The van der Waals surface area contributed by atoms with Crippen LogP contribution in [0, 0.1) is 0 Å². The summed E-state index contributed by atoms with van der Waals surface area (Å²) in [5.74, 6) is 1.14. The maximum atomic E-state index is 11.5. The van der Waals surface area contributed by atoms with Crippen molar-refractivity contribution in [2.75, 3.05) is 24.0 Å². The van der Waals surface area contributed by atoms with Gasteiger partial charge in [0, 0.05) is 24.9 Å². The molecule has 0 unspecified atom stereocenters. The van der Waals surface area contributed by atoms with Gasteiger partial charge in [0.25, 0.3) is 0 Å². The van der Waals surface area contributed by atoms with Crippen LogP contribution in [-0.2, 0) is 9.84 Å². The lowest BCUT2D eigenvalue weighted by molar-refractivity contribution is 0.601. The molecule has 0 aliphatic rings. The third kappa shape index (κ3) is 5.23. The maximum absolute atomic E-state index is 11.5. The van der Waals surface area contributed by atoms with Gasteiger partial charge < -0.3 is 5.32 Å². The highest BCUT2D eigenvalue weighted by Crippen LogP contribution is 2.17. The summed E-state index contributed by atoms with van der Waals surface area (Å²) in [6, 6.07) is 3.19. The van der Waals surface area contributed by atoms with Gasteiger partial charge >= 0.3 is 0 Å². The van der Waals surface area contributed by atoms with Gasteiger partial charge in [0.1, 0.15) is 10.7 Å². The van der Waals surface area contributed by atoms with E-state index in [1.54, 1.807) is 18.3 Å². The third-order valence-corrected chi connectivity index (χ3v) is 3.92. The molecule has 0 fully saturated rings. The normalized spacial score (nSPS) is 11.4. The number of hydrogen-bond donors (Lipinski definition) is 1. The minimum atomic E-state index is -3.23. The van der Waals surface area contributed by atoms with Crippen molar-refractivity contribution in [1.29, 1.82) is 0 Å². The van der Waals surface area contributed by atoms with E-state index in [1.807, 2.05) is 0 Å². The smallest absolute Gasteiger partial charge is 0.179 e. The second-order valence-corrected chi connectivity index (χ2v) is 6.51. The largest absolute Gasteiger partial charge is 0.369 e. The number of nitrogens with one attached hydrogen (secondary N) is 1. The van der Waals surface area contributed by atoms with Crippen molar-refractivity contribution in [2.24, 2.45) is 0 Å². The average Bonchev–Trinajstić information content (AvgIpc) is 2.33. The average molecular weight is 291 g/mol. The van der Waals surface area contributed by atoms with Crippen LogP contribution in [0.2, 0.25) is 0 Å². The number of unbranched alkanes of at least 4 members (excludes halogenated alkanes) is 3. The number of nitrogens with zero attached hydrogens (tertiary/aromatic N) is 1. The molecular formula is C12H19ClN2O2S. The quantitative estimate of drug-likeness (QED) is 0.591. The molecule has 0 amide bonds. The zero-order valence-electron chi connectivity index (χ0n) is 10.5. The summed E-state index contributed by atoms with van der Waals surface area (Å²) >= 11 is 5.59. The zero-order valence-corrected chi connectivity index (χ0v) is 12.1. The van der Waals surface area contributed by atoms with E-state index in [9.17, 15) is 8.42 Å². The van der Waals surface area contributed by atoms with Crippen molar-refractivity contribution in [3.05, 3.63) is 18.3 Å². The lowest BCUT2D eigenvalue weighted by Gasteiger charge is -2.09. The summed E-state index contributed by atoms with van der Waals surface area (Å²) < 4.78 is 23.1. The predicted molar refractivity (Wildman–Crippen MR) is 75.0 cm³/mol. The fourth-order valence-electron chi connectivity index (χ4n) is 1.60. The fourth-order valence-corrected chi connectivity index (χ4v) is 2.59. The molecule has 0 saturated carbocycles. The van der Waals surface area contributed by atoms with Crippen LogP contribution in [0.15, 0.2) is 23.2 Å². The van der Waals surface area contributed by atoms with Crippen molar-refractivity contribution >= 4 is 27.3 Å². The Kier molecular flexibility index (Phi) is 6.43. The fraction of sp³-hybridized carbons (Fsp3) is 0.583. The number of rotatable bonds is 8. The molecule has 102 valence electrons. The molecule has 0 spiro atoms. The Hall–Kier alpha value is -0.810. The molecule has 0 saturated heterocycles. The van der Waals surface area contributed by atoms with Crippen LogP contribution in [0.25, 0.3) is 0 Å². The lowest BCUT2D eigenvalue weighted by Crippen LogP contribution is -2.09. The van der Waals surface area contributed by atoms with E-state index in [2.05, 4.69) is 10.3 Å². The van der Waals surface area contributed by atoms with Crippen molar-refractivity contribution < 1.29 is 8.42 Å². The Morgan fingerprint density at radius 3 is 2.67 bits per heavy atom. The molecular weight excluding hydrogens is 272 g/mol. The van der Waals surface area contributed by atoms with Crippen LogP contribution in [0.1, 0.15) is 25.7 Å². The summed E-state index contributed by atoms with van der Waals surface area (Å²) in [6.07, 6.45) is 6.98. The van der Waals surface area contributed by atoms with Gasteiger partial charge in [0.05, 0.1) is 0 Å². The second-order valence-electron chi connectivity index (χ2n) is 4.15. The van der Waals surface area contributed by atoms with E-state index in [1.165, 1.54) is 6.26 Å². The summed E-state index contributed by atoms with van der Waals surface area (Å²) in [5.41, 5.74) is 0. The number of hydrogen-bond acceptors (Lipinski definition) is 4. The molecule has 0 aliphatic carbocycles. The predicted octanol–water partition coefficient (Wildman–Crippen LogP) is 2.70. The minimum absolute atomic E-state index is 0.255. The zero-order chi connectivity index (χ0) is 13.4. The molecule has 4 nitrogen and oxygen atoms in total. The summed E-state index contributed by atoms with van der Waals surface area (Å²) in [7, 11) is -3.23. The number of pyridine rings is 1. The molecule has 0 atom stereocenters. The molecule has 0 bridgehead atoms. The van der Waals surface area contributed by atoms with Gasteiger partial charge in [-0.1, -0.05) is 12.8 Å². The molecule has 0 aromatic carbocycles. The summed E-state index contributed by atoms with van der Waals surface area (Å²) in [4.78, 5) is 4.32. The molecule has 1 heterocycles. The number of alkyl halides is 1. The van der Waals surface area contributed by atoms with E-state index < -0.39 is 9.84 Å². The maximum Gasteiger partial charge on any atom is 0.179 e. The van der Waals surface area contributed by atoms with Gasteiger partial charge in [-0.25, -0.2) is 13.4 Å². The van der Waals surface area contributed by atoms with Crippen molar-refractivity contribution in [1.82, 2.24) is 4.98 Å². The van der Waals surface area contributed by atoms with Gasteiger partial charge in [-0.2, -0.15) is 0 Å². The van der Waals surface area contributed by atoms with Crippen molar-refractivity contribution in [3.63, 3.8) is 0 Å². The summed E-state index contributed by atoms with van der Waals surface area (Å²) in [5, 5.41) is 3.07. The molecule has 1 aromatic rings. The van der Waals surface area contributed by atoms with Crippen molar-refractivity contribution in [3.8, 4) is 0 Å². The van der Waals surface area contributed by atoms with Crippen LogP contribution in [0.5, 0.6) is 0 Å². The first-order valence-electron chi connectivity index (χ1n) is 6.00. The molecule has 6 heteroatoms. The highest BCUT2D eigenvalue weighted by molar-refractivity contribution is 7.90. The standard InChI is InChI=1S/C12H19ClN2O2S/c1-18(16,17)11-7-6-10-15-12(11)14-9-5-3-2-4-8-13/h6-7,10H,2-5,8-9H2,1H3,(H,14,15). The van der Waals surface area contributed by atoms with E-state index in [4.69, 9.17) is 11.6 Å². The van der Waals surface area contributed by atoms with Crippen LogP contribution in [-0.4, -0.2) is 32.1 Å². The van der Waals surface area contributed by atoms with Crippen LogP contribution < -0.4 is 5.32 Å². The number of halogens is 1. The van der Waals surface area contributed by atoms with E-state index >= 15 is 0 Å². The Balaban J connectivity index is 2.48. The first-order chi connectivity index (χ1) is 8.55. The van der Waals surface area contributed by atoms with Gasteiger partial charge in [-0.15, -0.1) is 11.6 Å². The molecule has 1 rings (SSSR count). The molecule has 0 aliphatic heterocycles. The summed E-state index contributed by atoms with van der Waals surface area (Å²) in [6.45, 7) is 0.724. The monoisotopic (exact) mass is 290 g/mol.